The van der Waals surface area contributed by atoms with Crippen LogP contribution in [-0.4, -0.2) is 20.9 Å². The van der Waals surface area contributed by atoms with Crippen molar-refractivity contribution in [2.45, 2.75) is 18.6 Å². The van der Waals surface area contributed by atoms with Gasteiger partial charge in [-0.3, -0.25) is 4.57 Å². The van der Waals surface area contributed by atoms with E-state index in [1.807, 2.05) is 0 Å². The van der Waals surface area contributed by atoms with Crippen LogP contribution in [0.4, 0.5) is 0 Å². The van der Waals surface area contributed by atoms with Gasteiger partial charge in [0.1, 0.15) is 6.17 Å². The van der Waals surface area contributed by atoms with Crippen LogP contribution in [-0.2, 0) is 0 Å². The van der Waals surface area contributed by atoms with Crippen molar-refractivity contribution in [1.82, 2.24) is 14.5 Å². The Kier molecular flexibility index (Phi) is 6.37. The second kappa shape index (κ2) is 11.4. The second-order valence-electron chi connectivity index (χ2n) is 13.8. The predicted molar refractivity (Wildman–Crippen MR) is 218 cm³/mol. The van der Waals surface area contributed by atoms with Crippen molar-refractivity contribution in [2.24, 2.45) is 9.98 Å². The van der Waals surface area contributed by atoms with Crippen molar-refractivity contribution >= 4 is 77.0 Å². The second-order valence-corrected chi connectivity index (χ2v) is 13.8. The molecule has 2 aromatic heterocycles. The lowest BCUT2D eigenvalue weighted by Crippen LogP contribution is -2.37. The SMILES string of the molecule is C1=CCC(n2c3ccc4ccccc4c3c3ccc4c5ccccc5n(C5=NC(c6ccc7ccccc7c6)=NC(c6ccccc6)N5)c4c32)C=C1. The van der Waals surface area contributed by atoms with Gasteiger partial charge in [-0.2, -0.15) is 4.99 Å². The fourth-order valence-corrected chi connectivity index (χ4v) is 8.49. The van der Waals surface area contributed by atoms with Gasteiger partial charge in [0, 0.05) is 27.1 Å². The van der Waals surface area contributed by atoms with Crippen LogP contribution in [0, 0.1) is 0 Å². The first-order chi connectivity index (χ1) is 25.8. The number of aromatic nitrogens is 2. The van der Waals surface area contributed by atoms with E-state index in [1.54, 1.807) is 0 Å². The van der Waals surface area contributed by atoms with Crippen molar-refractivity contribution in [3.8, 4) is 0 Å². The molecular weight excluding hydrogens is 635 g/mol. The van der Waals surface area contributed by atoms with Gasteiger partial charge in [0.25, 0.3) is 0 Å². The van der Waals surface area contributed by atoms with Crippen LogP contribution >= 0.6 is 0 Å². The molecule has 2 unspecified atom stereocenters. The first kappa shape index (κ1) is 29.1. The minimum Gasteiger partial charge on any atom is -0.331 e. The zero-order chi connectivity index (χ0) is 34.2. The van der Waals surface area contributed by atoms with E-state index in [2.05, 4.69) is 184 Å². The van der Waals surface area contributed by atoms with E-state index in [0.717, 1.165) is 34.5 Å². The molecule has 0 bridgehead atoms. The van der Waals surface area contributed by atoms with E-state index < -0.39 is 0 Å². The molecule has 1 aliphatic carbocycles. The number of fused-ring (bicyclic) bond motifs is 10. The molecular formula is C47H33N5. The third-order valence-electron chi connectivity index (χ3n) is 10.8. The maximum absolute atomic E-state index is 5.41. The van der Waals surface area contributed by atoms with Gasteiger partial charge in [0.15, 0.2) is 5.84 Å². The summed E-state index contributed by atoms with van der Waals surface area (Å²) >= 11 is 0. The Hall–Kier alpha value is -6.72. The van der Waals surface area contributed by atoms with E-state index in [-0.39, 0.29) is 12.2 Å². The molecule has 0 amide bonds. The van der Waals surface area contributed by atoms with Gasteiger partial charge in [-0.1, -0.05) is 152 Å². The van der Waals surface area contributed by atoms with Crippen molar-refractivity contribution in [2.75, 3.05) is 0 Å². The standard InChI is InChI=1S/C47H33N5/c1-3-15-32(16-4-1)45-48-46(34-24-23-30-13-7-8-17-33(30)29-34)50-47(49-45)52-40-22-12-11-21-37(40)38-26-27-39-42-36-20-10-9-14-31(36)25-28-41(42)51(44(39)43(38)52)35-18-5-2-6-19-35/h1-18,20-29,35,45H,19H2,(H,48,49,50). The quantitative estimate of drug-likeness (QED) is 0.200. The van der Waals surface area contributed by atoms with E-state index in [0.29, 0.717) is 5.84 Å². The van der Waals surface area contributed by atoms with Gasteiger partial charge in [-0.15, -0.1) is 0 Å². The number of benzene rings is 7. The maximum atomic E-state index is 5.41. The number of allylic oxidation sites excluding steroid dienone is 4. The molecule has 0 saturated carbocycles. The number of nitrogens with zero attached hydrogens (tertiary/aromatic N) is 4. The van der Waals surface area contributed by atoms with Gasteiger partial charge < -0.3 is 9.88 Å². The summed E-state index contributed by atoms with van der Waals surface area (Å²) in [5.74, 6) is 1.46. The Balaban J connectivity index is 1.26. The summed E-state index contributed by atoms with van der Waals surface area (Å²) in [6.45, 7) is 0. The Morgan fingerprint density at radius 1 is 0.577 bits per heavy atom. The minimum atomic E-state index is -0.327. The summed E-state index contributed by atoms with van der Waals surface area (Å²) in [7, 11) is 0. The molecule has 0 fully saturated rings. The molecule has 2 aliphatic rings. The lowest BCUT2D eigenvalue weighted by Gasteiger charge is -2.25. The third kappa shape index (κ3) is 4.36. The van der Waals surface area contributed by atoms with E-state index in [4.69, 9.17) is 9.98 Å². The summed E-state index contributed by atoms with van der Waals surface area (Å²) in [5, 5.41) is 13.6. The topological polar surface area (TPSA) is 46.6 Å². The molecule has 5 nitrogen and oxygen atoms in total. The summed E-state index contributed by atoms with van der Waals surface area (Å²) in [6.07, 6.45) is 9.56. The molecule has 0 spiro atoms. The van der Waals surface area contributed by atoms with Crippen molar-refractivity contribution in [3.63, 3.8) is 0 Å². The zero-order valence-electron chi connectivity index (χ0n) is 28.3. The number of nitrogens with one attached hydrogen (secondary N) is 1. The van der Waals surface area contributed by atoms with E-state index in [9.17, 15) is 0 Å². The average molecular weight is 668 g/mol. The van der Waals surface area contributed by atoms with Crippen molar-refractivity contribution in [1.29, 1.82) is 0 Å². The van der Waals surface area contributed by atoms with Crippen LogP contribution in [0.5, 0.6) is 0 Å². The van der Waals surface area contributed by atoms with Crippen LogP contribution in [0.3, 0.4) is 0 Å². The van der Waals surface area contributed by atoms with Crippen LogP contribution in [0.15, 0.2) is 180 Å². The summed E-state index contributed by atoms with van der Waals surface area (Å²) in [4.78, 5) is 10.7. The highest BCUT2D eigenvalue weighted by atomic mass is 15.3. The molecule has 2 atom stereocenters. The van der Waals surface area contributed by atoms with Gasteiger partial charge in [-0.25, -0.2) is 4.99 Å². The Morgan fingerprint density at radius 2 is 1.33 bits per heavy atom. The molecule has 1 N–H and O–H groups in total. The molecule has 246 valence electrons. The fourth-order valence-electron chi connectivity index (χ4n) is 8.49. The van der Waals surface area contributed by atoms with Gasteiger partial charge >= 0.3 is 0 Å². The summed E-state index contributed by atoms with van der Waals surface area (Å²) in [5.41, 5.74) is 6.76. The maximum Gasteiger partial charge on any atom is 0.212 e. The number of hydrogen-bond acceptors (Lipinski definition) is 3. The summed E-state index contributed by atoms with van der Waals surface area (Å²) < 4.78 is 4.93. The fraction of sp³-hybridized carbons (Fsp3) is 0.0638. The highest BCUT2D eigenvalue weighted by molar-refractivity contribution is 6.29. The first-order valence-electron chi connectivity index (χ1n) is 18.0. The third-order valence-corrected chi connectivity index (χ3v) is 10.8. The Bertz CT molecular complexity index is 3030. The van der Waals surface area contributed by atoms with E-state index >= 15 is 0 Å². The largest absolute Gasteiger partial charge is 0.331 e. The molecule has 7 aromatic carbocycles. The number of rotatable bonds is 3. The molecule has 0 radical (unpaired) electrons. The van der Waals surface area contributed by atoms with Crippen LogP contribution in [0.25, 0.3) is 65.2 Å². The number of hydrogen-bond donors (Lipinski definition) is 1. The van der Waals surface area contributed by atoms with Crippen LogP contribution in [0.1, 0.15) is 29.8 Å². The number of amidine groups is 1. The van der Waals surface area contributed by atoms with Crippen LogP contribution in [0.2, 0.25) is 0 Å². The average Bonchev–Trinajstić information content (AvgIpc) is 3.74. The number of aliphatic imine (C=N–C) groups is 2. The lowest BCUT2D eigenvalue weighted by molar-refractivity contribution is 0.648. The first-order valence-corrected chi connectivity index (χ1v) is 18.0. The molecule has 1 aliphatic heterocycles. The Morgan fingerprint density at radius 3 is 2.19 bits per heavy atom. The molecule has 9 aromatic rings. The monoisotopic (exact) mass is 667 g/mol. The van der Waals surface area contributed by atoms with Gasteiger partial charge in [-0.05, 0) is 51.7 Å². The van der Waals surface area contributed by atoms with Crippen molar-refractivity contribution in [3.05, 3.63) is 181 Å². The normalized spacial score (nSPS) is 17.4. The van der Waals surface area contributed by atoms with Crippen molar-refractivity contribution < 1.29 is 0 Å². The highest BCUT2D eigenvalue weighted by Crippen LogP contribution is 2.44. The molecule has 0 saturated heterocycles. The zero-order valence-corrected chi connectivity index (χ0v) is 28.3. The molecule has 5 heteroatoms. The number of para-hydroxylation sites is 1. The molecule has 52 heavy (non-hydrogen) atoms. The van der Waals surface area contributed by atoms with Crippen LogP contribution < -0.4 is 5.32 Å². The highest BCUT2D eigenvalue weighted by Gasteiger charge is 2.28. The predicted octanol–water partition coefficient (Wildman–Crippen LogP) is 11.2. The van der Waals surface area contributed by atoms with Gasteiger partial charge in [0.2, 0.25) is 5.96 Å². The van der Waals surface area contributed by atoms with E-state index in [1.165, 1.54) is 54.1 Å². The minimum absolute atomic E-state index is 0.163. The lowest BCUT2D eigenvalue weighted by atomic mass is 10.0. The molecule has 11 rings (SSSR count). The molecule has 3 heterocycles. The smallest absolute Gasteiger partial charge is 0.212 e. The van der Waals surface area contributed by atoms with Gasteiger partial charge in [0.05, 0.1) is 28.1 Å². The Labute approximate surface area is 300 Å². The summed E-state index contributed by atoms with van der Waals surface area (Å²) in [6, 6.07) is 52.3.